The number of hydrogen-bond donors (Lipinski definition) is 3. The van der Waals surface area contributed by atoms with Gasteiger partial charge in [0.25, 0.3) is 0 Å². The van der Waals surface area contributed by atoms with E-state index in [1.807, 2.05) is 60.7 Å². The molecule has 0 aromatic heterocycles. The van der Waals surface area contributed by atoms with Gasteiger partial charge in [0.1, 0.15) is 23.7 Å². The lowest BCUT2D eigenvalue weighted by Gasteiger charge is -2.34. The van der Waals surface area contributed by atoms with Crippen molar-refractivity contribution in [3.05, 3.63) is 71.8 Å². The number of carbonyl (C=O) groups excluding carboxylic acids is 4. The fourth-order valence-corrected chi connectivity index (χ4v) is 6.30. The zero-order chi connectivity index (χ0) is 32.0. The van der Waals surface area contributed by atoms with E-state index in [1.54, 1.807) is 32.6 Å². The Morgan fingerprint density at radius 3 is 2.07 bits per heavy atom. The van der Waals surface area contributed by atoms with Gasteiger partial charge in [0.05, 0.1) is 6.04 Å². The minimum Gasteiger partial charge on any atom is -0.444 e. The third kappa shape index (κ3) is 7.59. The Bertz CT molecular complexity index is 1260. The first kappa shape index (κ1) is 33.0. The molecule has 0 radical (unpaired) electrons. The second kappa shape index (κ2) is 14.2. The molecule has 2 aliphatic heterocycles. The highest BCUT2D eigenvalue weighted by molar-refractivity contribution is 5.95. The number of benzene rings is 2. The van der Waals surface area contributed by atoms with Gasteiger partial charge in [-0.2, -0.15) is 0 Å². The summed E-state index contributed by atoms with van der Waals surface area (Å²) in [6, 6.07) is 16.2. The SMILES string of the molecule is CCC(C(=O)NC1C(=O)N2C(CCC1CO)CCC2C(=O)NC(c1ccccc1)c1ccccc1)N(C)C(=O)OC(C)(C)C. The summed E-state index contributed by atoms with van der Waals surface area (Å²) < 4.78 is 5.45. The smallest absolute Gasteiger partial charge is 0.410 e. The molecule has 4 rings (SSSR count). The van der Waals surface area contributed by atoms with Gasteiger partial charge in [-0.1, -0.05) is 67.6 Å². The molecule has 4 amide bonds. The van der Waals surface area contributed by atoms with Crippen LogP contribution in [0.5, 0.6) is 0 Å². The Hall–Kier alpha value is -3.92. The van der Waals surface area contributed by atoms with Gasteiger partial charge >= 0.3 is 6.09 Å². The van der Waals surface area contributed by atoms with Crippen LogP contribution in [0.3, 0.4) is 0 Å². The normalized spacial score (nSPS) is 22.5. The third-order valence-corrected chi connectivity index (χ3v) is 8.59. The van der Waals surface area contributed by atoms with Crippen LogP contribution in [-0.2, 0) is 19.1 Å². The second-order valence-electron chi connectivity index (χ2n) is 12.8. The number of ether oxygens (including phenoxy) is 1. The molecule has 5 atom stereocenters. The lowest BCUT2D eigenvalue weighted by atomic mass is 9.93. The molecule has 238 valence electrons. The third-order valence-electron chi connectivity index (χ3n) is 8.59. The maximum atomic E-state index is 14.2. The predicted molar refractivity (Wildman–Crippen MR) is 166 cm³/mol. The molecule has 0 aliphatic carbocycles. The number of likely N-dealkylation sites (N-methyl/N-ethyl adjacent to an activating group) is 1. The molecule has 3 N–H and O–H groups in total. The van der Waals surface area contributed by atoms with Crippen molar-refractivity contribution in [3.8, 4) is 0 Å². The highest BCUT2D eigenvalue weighted by Gasteiger charge is 2.48. The first-order valence-corrected chi connectivity index (χ1v) is 15.5. The van der Waals surface area contributed by atoms with Crippen LogP contribution >= 0.6 is 0 Å². The Morgan fingerprint density at radius 1 is 0.977 bits per heavy atom. The quantitative estimate of drug-likeness (QED) is 0.399. The van der Waals surface area contributed by atoms with Crippen LogP contribution < -0.4 is 10.6 Å². The number of aliphatic hydroxyl groups is 1. The van der Waals surface area contributed by atoms with Crippen molar-refractivity contribution in [2.24, 2.45) is 5.92 Å². The summed E-state index contributed by atoms with van der Waals surface area (Å²) in [6.45, 7) is 6.72. The number of rotatable bonds is 9. The fraction of sp³-hybridized carbons (Fsp3) is 0.529. The first-order chi connectivity index (χ1) is 20.9. The van der Waals surface area contributed by atoms with Gasteiger partial charge in [0, 0.05) is 25.6 Å². The summed E-state index contributed by atoms with van der Waals surface area (Å²) in [4.78, 5) is 57.2. The molecule has 2 heterocycles. The van der Waals surface area contributed by atoms with Gasteiger partial charge < -0.3 is 25.4 Å². The molecule has 2 aromatic carbocycles. The Labute approximate surface area is 260 Å². The summed E-state index contributed by atoms with van der Waals surface area (Å²) in [6.07, 6.45) is 1.93. The van der Waals surface area contributed by atoms with Crippen LogP contribution in [0.2, 0.25) is 0 Å². The van der Waals surface area contributed by atoms with Crippen LogP contribution in [0.15, 0.2) is 60.7 Å². The number of amides is 4. The highest BCUT2D eigenvalue weighted by atomic mass is 16.6. The van der Waals surface area contributed by atoms with Gasteiger partial charge in [-0.25, -0.2) is 4.79 Å². The average molecular weight is 607 g/mol. The molecule has 0 spiro atoms. The number of carbonyl (C=O) groups is 4. The molecule has 2 aromatic rings. The van der Waals surface area contributed by atoms with E-state index in [2.05, 4.69) is 10.6 Å². The van der Waals surface area contributed by atoms with Crippen molar-refractivity contribution < 1.29 is 29.0 Å². The Balaban J connectivity index is 1.55. The lowest BCUT2D eigenvalue weighted by molar-refractivity contribution is -0.144. The summed E-state index contributed by atoms with van der Waals surface area (Å²) in [5.41, 5.74) is 1.11. The second-order valence-corrected chi connectivity index (χ2v) is 12.8. The van der Waals surface area contributed by atoms with Gasteiger partial charge in [0.15, 0.2) is 0 Å². The van der Waals surface area contributed by atoms with E-state index in [4.69, 9.17) is 4.74 Å². The molecule has 0 saturated carbocycles. The molecule has 10 nitrogen and oxygen atoms in total. The van der Waals surface area contributed by atoms with E-state index in [0.717, 1.165) is 11.1 Å². The van der Waals surface area contributed by atoms with Crippen LogP contribution in [0.25, 0.3) is 0 Å². The molecule has 2 fully saturated rings. The summed E-state index contributed by atoms with van der Waals surface area (Å²) in [5, 5.41) is 16.3. The van der Waals surface area contributed by atoms with Crippen LogP contribution in [0.4, 0.5) is 4.79 Å². The monoisotopic (exact) mass is 606 g/mol. The summed E-state index contributed by atoms with van der Waals surface area (Å²) in [5.74, 6) is -1.68. The van der Waals surface area contributed by atoms with E-state index in [-0.39, 0.29) is 24.5 Å². The average Bonchev–Trinajstić information content (AvgIpc) is 3.38. The topological polar surface area (TPSA) is 128 Å². The van der Waals surface area contributed by atoms with E-state index in [1.165, 1.54) is 11.9 Å². The van der Waals surface area contributed by atoms with E-state index < -0.39 is 47.7 Å². The molecule has 44 heavy (non-hydrogen) atoms. The van der Waals surface area contributed by atoms with Gasteiger partial charge in [-0.3, -0.25) is 19.3 Å². The minimum absolute atomic E-state index is 0.174. The molecule has 2 aliphatic rings. The van der Waals surface area contributed by atoms with Gasteiger partial charge in [-0.05, 0) is 64.0 Å². The Kier molecular flexibility index (Phi) is 10.7. The molecule has 0 bridgehead atoms. The molecule has 2 saturated heterocycles. The van der Waals surface area contributed by atoms with Crippen molar-refractivity contribution in [2.75, 3.05) is 13.7 Å². The lowest BCUT2D eigenvalue weighted by Crippen LogP contribution is -2.59. The van der Waals surface area contributed by atoms with E-state index >= 15 is 0 Å². The first-order valence-electron chi connectivity index (χ1n) is 15.5. The summed E-state index contributed by atoms with van der Waals surface area (Å²) >= 11 is 0. The van der Waals surface area contributed by atoms with E-state index in [9.17, 15) is 24.3 Å². The fourth-order valence-electron chi connectivity index (χ4n) is 6.30. The highest BCUT2D eigenvalue weighted by Crippen LogP contribution is 2.35. The van der Waals surface area contributed by atoms with Crippen molar-refractivity contribution in [3.63, 3.8) is 0 Å². The standard InChI is InChI=1S/C34H46N4O6/c1-6-26(37(5)33(43)44-34(2,3)4)30(40)36-29-24(21-39)17-18-25-19-20-27(38(25)32(29)42)31(41)35-28(22-13-9-7-10-14-22)23-15-11-8-12-16-23/h7-16,24-29,39H,6,17-21H2,1-5H3,(H,35,41)(H,36,40). The largest absolute Gasteiger partial charge is 0.444 e. The number of aliphatic hydroxyl groups excluding tert-OH is 1. The maximum absolute atomic E-state index is 14.2. The summed E-state index contributed by atoms with van der Waals surface area (Å²) in [7, 11) is 1.49. The number of nitrogens with one attached hydrogen (secondary N) is 2. The molecular weight excluding hydrogens is 560 g/mol. The molecule has 10 heteroatoms. The number of hydrogen-bond acceptors (Lipinski definition) is 6. The van der Waals surface area contributed by atoms with Gasteiger partial charge in [0.2, 0.25) is 17.7 Å². The maximum Gasteiger partial charge on any atom is 0.410 e. The molecular formula is C34H46N4O6. The van der Waals surface area contributed by atoms with Crippen molar-refractivity contribution in [1.29, 1.82) is 0 Å². The van der Waals surface area contributed by atoms with Crippen molar-refractivity contribution >= 4 is 23.8 Å². The minimum atomic E-state index is -1.04. The number of nitrogens with zero attached hydrogens (tertiary/aromatic N) is 2. The van der Waals surface area contributed by atoms with Gasteiger partial charge in [-0.15, -0.1) is 0 Å². The zero-order valence-corrected chi connectivity index (χ0v) is 26.4. The van der Waals surface area contributed by atoms with Crippen LogP contribution in [0, 0.1) is 5.92 Å². The van der Waals surface area contributed by atoms with Crippen LogP contribution in [0.1, 0.15) is 77.0 Å². The van der Waals surface area contributed by atoms with Crippen molar-refractivity contribution in [2.45, 2.75) is 95.6 Å². The predicted octanol–water partition coefficient (Wildman–Crippen LogP) is 3.78. The Morgan fingerprint density at radius 2 is 1.55 bits per heavy atom. The zero-order valence-electron chi connectivity index (χ0n) is 26.4. The molecule has 5 unspecified atom stereocenters. The number of fused-ring (bicyclic) bond motifs is 1. The van der Waals surface area contributed by atoms with Crippen molar-refractivity contribution in [1.82, 2.24) is 20.4 Å². The van der Waals surface area contributed by atoms with E-state index in [0.29, 0.717) is 32.1 Å². The van der Waals surface area contributed by atoms with Crippen LogP contribution in [-0.4, -0.2) is 82.1 Å².